The van der Waals surface area contributed by atoms with Crippen molar-refractivity contribution < 1.29 is 24.1 Å². The van der Waals surface area contributed by atoms with Crippen LogP contribution < -0.4 is 14.8 Å². The number of ether oxygens (including phenoxy) is 3. The first-order valence-electron chi connectivity index (χ1n) is 11.1. The topological polar surface area (TPSA) is 77.0 Å². The number of amides is 1. The molecule has 33 heavy (non-hydrogen) atoms. The molecule has 0 unspecified atom stereocenters. The summed E-state index contributed by atoms with van der Waals surface area (Å²) < 4.78 is 17.4. The van der Waals surface area contributed by atoms with Gasteiger partial charge in [-0.1, -0.05) is 29.9 Å². The molecule has 0 spiro atoms. The molecule has 4 rings (SSSR count). The zero-order chi connectivity index (χ0) is 23.8. The number of allylic oxidation sites excluding steroid dienone is 2. The number of rotatable bonds is 6. The lowest BCUT2D eigenvalue weighted by molar-refractivity contribution is -0.142. The Hall–Kier alpha value is -3.09. The molecule has 2 aliphatic heterocycles. The maximum absolute atomic E-state index is 12.9. The van der Waals surface area contributed by atoms with Gasteiger partial charge in [0.2, 0.25) is 0 Å². The van der Waals surface area contributed by atoms with Crippen LogP contribution in [0.15, 0.2) is 54.1 Å². The monoisotopic (exact) mass is 449 g/mol. The zero-order valence-corrected chi connectivity index (χ0v) is 19.8. The van der Waals surface area contributed by atoms with Crippen molar-refractivity contribution in [2.24, 2.45) is 0 Å². The molecule has 3 atom stereocenters. The van der Waals surface area contributed by atoms with Crippen LogP contribution in [0.2, 0.25) is 0 Å². The molecule has 174 valence electrons. The van der Waals surface area contributed by atoms with Gasteiger partial charge in [0.05, 0.1) is 18.4 Å². The third-order valence-electron chi connectivity index (χ3n) is 6.35. The van der Waals surface area contributed by atoms with Gasteiger partial charge in [-0.2, -0.15) is 0 Å². The van der Waals surface area contributed by atoms with Crippen LogP contribution in [-0.2, 0) is 15.1 Å². The summed E-state index contributed by atoms with van der Waals surface area (Å²) in [7, 11) is 3.00. The number of hydrogen-bond donors (Lipinski definition) is 2. The molecule has 0 bridgehead atoms. The van der Waals surface area contributed by atoms with Gasteiger partial charge >= 0.3 is 0 Å². The SMILES string of the molecule is COc1ccc([C@]2(O)c3c(ccc4c3O[C@@](C)(CCC=C(C)C)C=C4)NC(=O)[C@H]2OC)cc1. The largest absolute Gasteiger partial charge is 0.497 e. The van der Waals surface area contributed by atoms with Crippen molar-refractivity contribution in [3.8, 4) is 11.5 Å². The molecular weight excluding hydrogens is 418 g/mol. The van der Waals surface area contributed by atoms with Crippen molar-refractivity contribution in [1.82, 2.24) is 0 Å². The molecule has 0 radical (unpaired) electrons. The third kappa shape index (κ3) is 4.05. The Bertz CT molecular complexity index is 1120. The molecule has 2 N–H and O–H groups in total. The first-order valence-corrected chi connectivity index (χ1v) is 11.1. The highest BCUT2D eigenvalue weighted by molar-refractivity contribution is 6.01. The molecule has 0 saturated heterocycles. The minimum absolute atomic E-state index is 0.416. The molecule has 0 aliphatic carbocycles. The second kappa shape index (κ2) is 8.69. The van der Waals surface area contributed by atoms with E-state index in [1.807, 2.05) is 19.1 Å². The Morgan fingerprint density at radius 3 is 2.55 bits per heavy atom. The molecule has 2 aliphatic rings. The Kier molecular flexibility index (Phi) is 6.08. The first kappa shape index (κ1) is 23.1. The summed E-state index contributed by atoms with van der Waals surface area (Å²) in [4.78, 5) is 12.9. The van der Waals surface area contributed by atoms with Crippen LogP contribution in [0.4, 0.5) is 5.69 Å². The van der Waals surface area contributed by atoms with Crippen LogP contribution in [0, 0.1) is 0 Å². The van der Waals surface area contributed by atoms with E-state index in [2.05, 4.69) is 31.3 Å². The van der Waals surface area contributed by atoms with Gasteiger partial charge in [-0.15, -0.1) is 0 Å². The number of anilines is 1. The highest BCUT2D eigenvalue weighted by Crippen LogP contribution is 2.50. The molecule has 2 aromatic rings. The smallest absolute Gasteiger partial charge is 0.257 e. The maximum atomic E-state index is 12.9. The van der Waals surface area contributed by atoms with Crippen LogP contribution in [0.25, 0.3) is 6.08 Å². The van der Waals surface area contributed by atoms with Gasteiger partial charge in [-0.05, 0) is 69.5 Å². The first-order chi connectivity index (χ1) is 15.7. The summed E-state index contributed by atoms with van der Waals surface area (Å²) in [6, 6.07) is 10.7. The fourth-order valence-electron chi connectivity index (χ4n) is 4.58. The number of carbonyl (C=O) groups is 1. The summed E-state index contributed by atoms with van der Waals surface area (Å²) in [5, 5.41) is 15.1. The average molecular weight is 450 g/mol. The van der Waals surface area contributed by atoms with Crippen molar-refractivity contribution >= 4 is 17.7 Å². The number of hydrogen-bond acceptors (Lipinski definition) is 5. The van der Waals surface area contributed by atoms with Crippen molar-refractivity contribution in [2.45, 2.75) is 50.9 Å². The summed E-state index contributed by atoms with van der Waals surface area (Å²) >= 11 is 0. The van der Waals surface area contributed by atoms with Crippen LogP contribution in [0.5, 0.6) is 11.5 Å². The van der Waals surface area contributed by atoms with Crippen LogP contribution in [0.3, 0.4) is 0 Å². The molecule has 0 aromatic heterocycles. The zero-order valence-electron chi connectivity index (χ0n) is 19.8. The molecule has 0 saturated carbocycles. The normalized spacial score (nSPS) is 25.4. The second-order valence-corrected chi connectivity index (χ2v) is 9.07. The van der Waals surface area contributed by atoms with Crippen LogP contribution >= 0.6 is 0 Å². The number of aliphatic hydroxyl groups is 1. The molecule has 6 nitrogen and oxygen atoms in total. The maximum Gasteiger partial charge on any atom is 0.257 e. The van der Waals surface area contributed by atoms with Gasteiger partial charge < -0.3 is 24.6 Å². The summed E-state index contributed by atoms with van der Waals surface area (Å²) in [5.74, 6) is 0.786. The number of fused-ring (bicyclic) bond motifs is 3. The predicted octanol–water partition coefficient (Wildman–Crippen LogP) is 4.81. The quantitative estimate of drug-likeness (QED) is 0.619. The van der Waals surface area contributed by atoms with E-state index in [4.69, 9.17) is 14.2 Å². The van der Waals surface area contributed by atoms with Gasteiger partial charge in [0.25, 0.3) is 5.91 Å². The third-order valence-corrected chi connectivity index (χ3v) is 6.35. The van der Waals surface area contributed by atoms with Crippen molar-refractivity contribution in [2.75, 3.05) is 19.5 Å². The van der Waals surface area contributed by atoms with Gasteiger partial charge in [-0.3, -0.25) is 4.79 Å². The van der Waals surface area contributed by atoms with E-state index in [0.29, 0.717) is 28.3 Å². The fourth-order valence-corrected chi connectivity index (χ4v) is 4.58. The lowest BCUT2D eigenvalue weighted by Gasteiger charge is -2.43. The molecule has 0 fully saturated rings. The highest BCUT2D eigenvalue weighted by Gasteiger charge is 2.52. The number of nitrogens with one attached hydrogen (secondary N) is 1. The number of methoxy groups -OCH3 is 2. The minimum Gasteiger partial charge on any atom is -0.497 e. The van der Waals surface area contributed by atoms with Crippen LogP contribution in [0.1, 0.15) is 50.3 Å². The summed E-state index contributed by atoms with van der Waals surface area (Å²) in [6.45, 7) is 6.19. The van der Waals surface area contributed by atoms with E-state index >= 15 is 0 Å². The molecule has 2 heterocycles. The minimum atomic E-state index is -1.75. The summed E-state index contributed by atoms with van der Waals surface area (Å²) in [5.41, 5.74) is 1.31. The average Bonchev–Trinajstić information content (AvgIpc) is 2.78. The molecule has 6 heteroatoms. The van der Waals surface area contributed by atoms with E-state index in [0.717, 1.165) is 18.4 Å². The molecular formula is C27H31NO5. The standard InChI is InChI=1S/C27H31NO5/c1-17(2)7-6-15-26(3)16-14-18-8-13-21-22(23(18)33-26)27(30,24(32-5)25(29)28-21)19-9-11-20(31-4)12-10-19/h7-14,16,24,30H,6,15H2,1-5H3,(H,28,29)/t24-,26+,27+/m1/s1. The van der Waals surface area contributed by atoms with Gasteiger partial charge in [0, 0.05) is 12.7 Å². The molecule has 1 amide bonds. The lowest BCUT2D eigenvalue weighted by atomic mass is 9.76. The van der Waals surface area contributed by atoms with Crippen LogP contribution in [-0.4, -0.2) is 36.9 Å². The van der Waals surface area contributed by atoms with E-state index in [1.165, 1.54) is 12.7 Å². The van der Waals surface area contributed by atoms with E-state index in [9.17, 15) is 9.90 Å². The predicted molar refractivity (Wildman–Crippen MR) is 129 cm³/mol. The van der Waals surface area contributed by atoms with Gasteiger partial charge in [-0.25, -0.2) is 0 Å². The Balaban J connectivity index is 1.86. The fraction of sp³-hybridized carbons (Fsp3) is 0.370. The van der Waals surface area contributed by atoms with Crippen molar-refractivity contribution in [3.63, 3.8) is 0 Å². The van der Waals surface area contributed by atoms with Crippen molar-refractivity contribution in [1.29, 1.82) is 0 Å². The van der Waals surface area contributed by atoms with E-state index < -0.39 is 23.2 Å². The summed E-state index contributed by atoms with van der Waals surface area (Å²) in [6.07, 6.45) is 6.76. The Morgan fingerprint density at radius 1 is 1.18 bits per heavy atom. The Morgan fingerprint density at radius 2 is 1.91 bits per heavy atom. The lowest BCUT2D eigenvalue weighted by Crippen LogP contribution is -2.53. The van der Waals surface area contributed by atoms with Gasteiger partial charge in [0.15, 0.2) is 11.7 Å². The number of benzene rings is 2. The van der Waals surface area contributed by atoms with Gasteiger partial charge in [0.1, 0.15) is 17.1 Å². The van der Waals surface area contributed by atoms with Crippen molar-refractivity contribution in [3.05, 3.63) is 70.8 Å². The highest BCUT2D eigenvalue weighted by atomic mass is 16.5. The van der Waals surface area contributed by atoms with E-state index in [1.54, 1.807) is 37.4 Å². The Labute approximate surface area is 194 Å². The molecule has 2 aromatic carbocycles. The number of carbonyl (C=O) groups excluding carboxylic acids is 1. The second-order valence-electron chi connectivity index (χ2n) is 9.07. The van der Waals surface area contributed by atoms with E-state index in [-0.39, 0.29) is 0 Å².